The van der Waals surface area contributed by atoms with Crippen LogP contribution in [0, 0.1) is 5.92 Å². The first-order chi connectivity index (χ1) is 9.34. The first-order valence-electron chi connectivity index (χ1n) is 6.76. The molecule has 0 aromatic carbocycles. The molecule has 0 saturated carbocycles. The van der Waals surface area contributed by atoms with Crippen LogP contribution >= 0.6 is 0 Å². The summed E-state index contributed by atoms with van der Waals surface area (Å²) >= 11 is 0. The number of aromatic nitrogens is 2. The van der Waals surface area contributed by atoms with E-state index in [2.05, 4.69) is 15.7 Å². The third-order valence-corrected chi connectivity index (χ3v) is 3.67. The minimum Gasteiger partial charge on any atom is -0.352 e. The summed E-state index contributed by atoms with van der Waals surface area (Å²) in [5.74, 6) is 0.663. The second-order valence-corrected chi connectivity index (χ2v) is 4.99. The van der Waals surface area contributed by atoms with Gasteiger partial charge in [-0.3, -0.25) is 4.79 Å². The number of nitrogens with zero attached hydrogens (tertiary/aromatic N) is 2. The van der Waals surface area contributed by atoms with Gasteiger partial charge in [0.05, 0.1) is 17.3 Å². The van der Waals surface area contributed by atoms with E-state index < -0.39 is 0 Å². The Morgan fingerprint density at radius 1 is 1.53 bits per heavy atom. The summed E-state index contributed by atoms with van der Waals surface area (Å²) in [6, 6.07) is 5.72. The summed E-state index contributed by atoms with van der Waals surface area (Å²) in [7, 11) is 0. The number of hydrogen-bond acceptors (Lipinski definition) is 3. The predicted octanol–water partition coefficient (Wildman–Crippen LogP) is 1.06. The monoisotopic (exact) mass is 258 g/mol. The maximum absolute atomic E-state index is 12.1. The second kappa shape index (κ2) is 5.40. The van der Waals surface area contributed by atoms with Crippen molar-refractivity contribution in [3.63, 3.8) is 0 Å². The minimum atomic E-state index is -0.0350. The molecule has 1 atom stereocenters. The largest absolute Gasteiger partial charge is 0.352 e. The van der Waals surface area contributed by atoms with E-state index in [0.29, 0.717) is 11.5 Å². The number of amides is 1. The van der Waals surface area contributed by atoms with E-state index in [9.17, 15) is 4.79 Å². The van der Waals surface area contributed by atoms with E-state index >= 15 is 0 Å². The number of carbonyl (C=O) groups is 1. The Kier molecular flexibility index (Phi) is 3.46. The Hall–Kier alpha value is -1.88. The van der Waals surface area contributed by atoms with E-state index in [1.807, 2.05) is 24.4 Å². The van der Waals surface area contributed by atoms with Crippen molar-refractivity contribution in [3.8, 4) is 0 Å². The van der Waals surface area contributed by atoms with Crippen LogP contribution in [0.25, 0.3) is 5.52 Å². The lowest BCUT2D eigenvalue weighted by molar-refractivity contribution is 0.0953. The van der Waals surface area contributed by atoms with Gasteiger partial charge in [-0.05, 0) is 44.0 Å². The van der Waals surface area contributed by atoms with Gasteiger partial charge in [0.2, 0.25) is 0 Å². The van der Waals surface area contributed by atoms with Gasteiger partial charge in [-0.25, -0.2) is 4.52 Å². The summed E-state index contributed by atoms with van der Waals surface area (Å²) in [5, 5.41) is 10.5. The first-order valence-corrected chi connectivity index (χ1v) is 6.76. The van der Waals surface area contributed by atoms with Crippen LogP contribution in [0.5, 0.6) is 0 Å². The van der Waals surface area contributed by atoms with Crippen molar-refractivity contribution in [2.75, 3.05) is 19.6 Å². The summed E-state index contributed by atoms with van der Waals surface area (Å²) in [5.41, 5.74) is 1.49. The SMILES string of the molecule is O=C(NCCC1CCNC1)c1cnn2ccccc12. The molecule has 1 fully saturated rings. The average Bonchev–Trinajstić information content (AvgIpc) is 3.07. The molecule has 2 N–H and O–H groups in total. The van der Waals surface area contributed by atoms with Gasteiger partial charge >= 0.3 is 0 Å². The van der Waals surface area contributed by atoms with E-state index in [0.717, 1.165) is 31.6 Å². The molecule has 1 unspecified atom stereocenters. The van der Waals surface area contributed by atoms with Crippen molar-refractivity contribution < 1.29 is 4.79 Å². The normalized spacial score (nSPS) is 18.8. The molecule has 3 heterocycles. The van der Waals surface area contributed by atoms with Crippen LogP contribution in [0.1, 0.15) is 23.2 Å². The average molecular weight is 258 g/mol. The van der Waals surface area contributed by atoms with Gasteiger partial charge < -0.3 is 10.6 Å². The number of hydrogen-bond donors (Lipinski definition) is 2. The highest BCUT2D eigenvalue weighted by Crippen LogP contribution is 2.12. The fraction of sp³-hybridized carbons (Fsp3) is 0.429. The Labute approximate surface area is 112 Å². The predicted molar refractivity (Wildman–Crippen MR) is 73.1 cm³/mol. The topological polar surface area (TPSA) is 58.4 Å². The van der Waals surface area contributed by atoms with Crippen LogP contribution in [0.2, 0.25) is 0 Å². The summed E-state index contributed by atoms with van der Waals surface area (Å²) in [4.78, 5) is 12.1. The Morgan fingerprint density at radius 3 is 3.32 bits per heavy atom. The first kappa shape index (κ1) is 12.2. The number of nitrogens with one attached hydrogen (secondary N) is 2. The lowest BCUT2D eigenvalue weighted by Gasteiger charge is -2.08. The Balaban J connectivity index is 1.60. The molecular formula is C14H18N4O. The van der Waals surface area contributed by atoms with Crippen molar-refractivity contribution in [1.82, 2.24) is 20.2 Å². The number of rotatable bonds is 4. The molecule has 1 aliphatic heterocycles. The molecule has 5 heteroatoms. The van der Waals surface area contributed by atoms with Crippen LogP contribution in [0.15, 0.2) is 30.6 Å². The zero-order valence-electron chi connectivity index (χ0n) is 10.8. The Bertz CT molecular complexity index is 572. The van der Waals surface area contributed by atoms with Crippen LogP contribution in [0.4, 0.5) is 0 Å². The van der Waals surface area contributed by atoms with Gasteiger partial charge in [0.1, 0.15) is 0 Å². The fourth-order valence-corrected chi connectivity index (χ4v) is 2.56. The molecule has 0 bridgehead atoms. The highest BCUT2D eigenvalue weighted by molar-refractivity contribution is 6.00. The molecular weight excluding hydrogens is 240 g/mol. The lowest BCUT2D eigenvalue weighted by Crippen LogP contribution is -2.26. The van der Waals surface area contributed by atoms with Crippen molar-refractivity contribution in [3.05, 3.63) is 36.2 Å². The van der Waals surface area contributed by atoms with Crippen molar-refractivity contribution in [2.45, 2.75) is 12.8 Å². The van der Waals surface area contributed by atoms with Crippen molar-refractivity contribution in [2.24, 2.45) is 5.92 Å². The van der Waals surface area contributed by atoms with E-state index in [-0.39, 0.29) is 5.91 Å². The molecule has 0 spiro atoms. The summed E-state index contributed by atoms with van der Waals surface area (Å²) in [6.45, 7) is 2.91. The molecule has 2 aromatic heterocycles. The molecule has 0 aliphatic carbocycles. The molecule has 5 nitrogen and oxygen atoms in total. The minimum absolute atomic E-state index is 0.0350. The smallest absolute Gasteiger partial charge is 0.255 e. The highest BCUT2D eigenvalue weighted by atomic mass is 16.1. The van der Waals surface area contributed by atoms with E-state index in [1.165, 1.54) is 6.42 Å². The fourth-order valence-electron chi connectivity index (χ4n) is 2.56. The third-order valence-electron chi connectivity index (χ3n) is 3.67. The van der Waals surface area contributed by atoms with Gasteiger partial charge in [-0.15, -0.1) is 0 Å². The maximum atomic E-state index is 12.1. The number of pyridine rings is 1. The molecule has 1 saturated heterocycles. The van der Waals surface area contributed by atoms with Crippen LogP contribution in [0.3, 0.4) is 0 Å². The van der Waals surface area contributed by atoms with Gasteiger partial charge in [-0.2, -0.15) is 5.10 Å². The van der Waals surface area contributed by atoms with Gasteiger partial charge in [-0.1, -0.05) is 6.07 Å². The van der Waals surface area contributed by atoms with Crippen molar-refractivity contribution in [1.29, 1.82) is 0 Å². The Morgan fingerprint density at radius 2 is 2.47 bits per heavy atom. The second-order valence-electron chi connectivity index (χ2n) is 4.99. The molecule has 3 rings (SSSR count). The maximum Gasteiger partial charge on any atom is 0.255 e. The van der Waals surface area contributed by atoms with Crippen molar-refractivity contribution >= 4 is 11.4 Å². The van der Waals surface area contributed by atoms with Gasteiger partial charge in [0.15, 0.2) is 0 Å². The number of carbonyl (C=O) groups excluding carboxylic acids is 1. The quantitative estimate of drug-likeness (QED) is 0.862. The third kappa shape index (κ3) is 2.61. The molecule has 1 amide bonds. The molecule has 2 aromatic rings. The molecule has 0 radical (unpaired) electrons. The zero-order valence-corrected chi connectivity index (χ0v) is 10.8. The van der Waals surface area contributed by atoms with Gasteiger partial charge in [0, 0.05) is 12.7 Å². The summed E-state index contributed by atoms with van der Waals surface area (Å²) < 4.78 is 1.72. The molecule has 1 aliphatic rings. The highest BCUT2D eigenvalue weighted by Gasteiger charge is 2.15. The van der Waals surface area contributed by atoms with E-state index in [1.54, 1.807) is 10.7 Å². The standard InChI is InChI=1S/C14H18N4O/c19-14(16-7-5-11-4-6-15-9-11)12-10-17-18-8-2-1-3-13(12)18/h1-3,8,10-11,15H,4-7,9H2,(H,16,19). The molecule has 100 valence electrons. The van der Waals surface area contributed by atoms with Gasteiger partial charge in [0.25, 0.3) is 5.91 Å². The van der Waals surface area contributed by atoms with E-state index in [4.69, 9.17) is 0 Å². The van der Waals surface area contributed by atoms with Crippen LogP contribution < -0.4 is 10.6 Å². The number of fused-ring (bicyclic) bond motifs is 1. The summed E-state index contributed by atoms with van der Waals surface area (Å²) in [6.07, 6.45) is 5.72. The zero-order chi connectivity index (χ0) is 13.1. The lowest BCUT2D eigenvalue weighted by atomic mass is 10.1. The van der Waals surface area contributed by atoms with Crippen LogP contribution in [-0.2, 0) is 0 Å². The molecule has 19 heavy (non-hydrogen) atoms. The van der Waals surface area contributed by atoms with Crippen LogP contribution in [-0.4, -0.2) is 35.2 Å².